The Morgan fingerprint density at radius 3 is 2.64 bits per heavy atom. The lowest BCUT2D eigenvalue weighted by molar-refractivity contribution is 0.0819. The smallest absolute Gasteiger partial charge is 0.272 e. The molecule has 0 aliphatic heterocycles. The summed E-state index contributed by atoms with van der Waals surface area (Å²) in [5, 5.41) is 0. The van der Waals surface area contributed by atoms with Crippen LogP contribution in [0.5, 0.6) is 11.5 Å². The molecule has 0 saturated heterocycles. The van der Waals surface area contributed by atoms with Crippen molar-refractivity contribution < 1.29 is 18.3 Å². The third kappa shape index (κ3) is 2.76. The zero-order chi connectivity index (χ0) is 10.6. The molecule has 0 aromatic heterocycles. The maximum atomic E-state index is 11.8. The Kier molecular flexibility index (Phi) is 3.50. The molecule has 0 amide bonds. The normalized spacial score (nSPS) is 10.3. The molecule has 1 aromatic carbocycles. The maximum Gasteiger partial charge on any atom is 0.272 e. The van der Waals surface area contributed by atoms with Crippen molar-refractivity contribution in [2.45, 2.75) is 6.43 Å². The van der Waals surface area contributed by atoms with Crippen LogP contribution in [0.15, 0.2) is 18.2 Å². The second-order valence-electron chi connectivity index (χ2n) is 2.61. The number of halogens is 2. The van der Waals surface area contributed by atoms with Gasteiger partial charge in [0.2, 0.25) is 0 Å². The lowest BCUT2D eigenvalue weighted by atomic mass is 10.3. The second-order valence-corrected chi connectivity index (χ2v) is 2.61. The Morgan fingerprint density at radius 2 is 2.14 bits per heavy atom. The summed E-state index contributed by atoms with van der Waals surface area (Å²) >= 11 is 0. The topological polar surface area (TPSA) is 44.5 Å². The average molecular weight is 203 g/mol. The fourth-order valence-corrected chi connectivity index (χ4v) is 0.961. The van der Waals surface area contributed by atoms with Gasteiger partial charge in [0.15, 0.2) is 0 Å². The minimum Gasteiger partial charge on any atom is -0.495 e. The number of methoxy groups -OCH3 is 1. The molecular weight excluding hydrogens is 192 g/mol. The van der Waals surface area contributed by atoms with Gasteiger partial charge < -0.3 is 15.2 Å². The summed E-state index contributed by atoms with van der Waals surface area (Å²) in [7, 11) is 1.48. The van der Waals surface area contributed by atoms with Crippen molar-refractivity contribution in [2.24, 2.45) is 0 Å². The highest BCUT2D eigenvalue weighted by atomic mass is 19.3. The Morgan fingerprint density at radius 1 is 1.43 bits per heavy atom. The van der Waals surface area contributed by atoms with E-state index in [-0.39, 0.29) is 0 Å². The third-order valence-electron chi connectivity index (χ3n) is 1.58. The molecule has 1 aromatic rings. The van der Waals surface area contributed by atoms with E-state index in [0.29, 0.717) is 17.2 Å². The minimum absolute atomic E-state index is 0.309. The van der Waals surface area contributed by atoms with Crippen LogP contribution in [0.25, 0.3) is 0 Å². The highest BCUT2D eigenvalue weighted by molar-refractivity contribution is 5.56. The predicted molar refractivity (Wildman–Crippen MR) is 48.9 cm³/mol. The van der Waals surface area contributed by atoms with E-state index < -0.39 is 13.0 Å². The first kappa shape index (κ1) is 10.6. The second kappa shape index (κ2) is 4.64. The molecular formula is C9H11F2NO2. The number of nitrogen functional groups attached to an aromatic ring is 1. The van der Waals surface area contributed by atoms with Crippen molar-refractivity contribution in [3.05, 3.63) is 18.2 Å². The van der Waals surface area contributed by atoms with Crippen LogP contribution in [0.3, 0.4) is 0 Å². The van der Waals surface area contributed by atoms with Crippen molar-refractivity contribution in [3.63, 3.8) is 0 Å². The van der Waals surface area contributed by atoms with E-state index in [4.69, 9.17) is 15.2 Å². The summed E-state index contributed by atoms with van der Waals surface area (Å²) in [5.74, 6) is 0.804. The van der Waals surface area contributed by atoms with Crippen LogP contribution in [0.1, 0.15) is 0 Å². The molecule has 78 valence electrons. The van der Waals surface area contributed by atoms with E-state index in [1.807, 2.05) is 0 Å². The molecule has 0 atom stereocenters. The van der Waals surface area contributed by atoms with Gasteiger partial charge in [0.25, 0.3) is 6.43 Å². The first-order valence-corrected chi connectivity index (χ1v) is 3.98. The molecule has 14 heavy (non-hydrogen) atoms. The largest absolute Gasteiger partial charge is 0.495 e. The monoisotopic (exact) mass is 203 g/mol. The van der Waals surface area contributed by atoms with Gasteiger partial charge in [-0.15, -0.1) is 0 Å². The zero-order valence-corrected chi connectivity index (χ0v) is 7.67. The zero-order valence-electron chi connectivity index (χ0n) is 7.67. The van der Waals surface area contributed by atoms with Gasteiger partial charge >= 0.3 is 0 Å². The minimum atomic E-state index is -2.49. The molecule has 0 saturated carbocycles. The first-order chi connectivity index (χ1) is 6.63. The van der Waals surface area contributed by atoms with Crippen LogP contribution in [-0.2, 0) is 0 Å². The van der Waals surface area contributed by atoms with Crippen LogP contribution in [0.2, 0.25) is 0 Å². The maximum absolute atomic E-state index is 11.8. The number of rotatable bonds is 4. The van der Waals surface area contributed by atoms with E-state index >= 15 is 0 Å². The molecule has 0 spiro atoms. The fourth-order valence-electron chi connectivity index (χ4n) is 0.961. The molecule has 5 heteroatoms. The standard InChI is InChI=1S/C9H11F2NO2/c1-13-8-3-2-6(4-7(8)12)14-5-9(10)11/h2-4,9H,5,12H2,1H3. The lowest BCUT2D eigenvalue weighted by Crippen LogP contribution is -2.07. The molecule has 3 nitrogen and oxygen atoms in total. The van der Waals surface area contributed by atoms with Crippen molar-refractivity contribution in [2.75, 3.05) is 19.5 Å². The van der Waals surface area contributed by atoms with E-state index in [1.54, 1.807) is 6.07 Å². The first-order valence-electron chi connectivity index (χ1n) is 3.98. The van der Waals surface area contributed by atoms with Crippen molar-refractivity contribution >= 4 is 5.69 Å². The van der Waals surface area contributed by atoms with Crippen LogP contribution < -0.4 is 15.2 Å². The molecule has 2 N–H and O–H groups in total. The Bertz CT molecular complexity index is 305. The number of hydrogen-bond donors (Lipinski definition) is 1. The summed E-state index contributed by atoms with van der Waals surface area (Å²) in [6.45, 7) is -0.633. The SMILES string of the molecule is COc1ccc(OCC(F)F)cc1N. The predicted octanol–water partition coefficient (Wildman–Crippen LogP) is 1.92. The highest BCUT2D eigenvalue weighted by Gasteiger charge is 2.05. The van der Waals surface area contributed by atoms with Gasteiger partial charge in [0.05, 0.1) is 12.8 Å². The lowest BCUT2D eigenvalue weighted by Gasteiger charge is -2.08. The summed E-state index contributed by atoms with van der Waals surface area (Å²) in [4.78, 5) is 0. The van der Waals surface area contributed by atoms with Gasteiger partial charge in [0.1, 0.15) is 18.1 Å². The molecule has 0 radical (unpaired) electrons. The van der Waals surface area contributed by atoms with Gasteiger partial charge in [-0.1, -0.05) is 0 Å². The molecule has 0 fully saturated rings. The third-order valence-corrected chi connectivity index (χ3v) is 1.58. The molecule has 0 heterocycles. The van der Waals surface area contributed by atoms with Crippen LogP contribution in [0, 0.1) is 0 Å². The van der Waals surface area contributed by atoms with E-state index in [0.717, 1.165) is 0 Å². The number of anilines is 1. The van der Waals surface area contributed by atoms with Gasteiger partial charge in [-0.25, -0.2) is 8.78 Å². The van der Waals surface area contributed by atoms with Crippen molar-refractivity contribution in [1.29, 1.82) is 0 Å². The van der Waals surface area contributed by atoms with Crippen molar-refractivity contribution in [3.8, 4) is 11.5 Å². The van der Waals surface area contributed by atoms with Gasteiger partial charge in [0, 0.05) is 6.07 Å². The summed E-state index contributed by atoms with van der Waals surface area (Å²) in [6, 6.07) is 4.54. The summed E-state index contributed by atoms with van der Waals surface area (Å²) < 4.78 is 33.2. The number of nitrogens with two attached hydrogens (primary N) is 1. The molecule has 0 aliphatic rings. The summed E-state index contributed by atoms with van der Waals surface area (Å²) in [5.41, 5.74) is 5.91. The molecule has 0 aliphatic carbocycles. The number of benzene rings is 1. The molecule has 0 bridgehead atoms. The Balaban J connectivity index is 2.66. The Labute approximate surface area is 80.4 Å². The van der Waals surface area contributed by atoms with Crippen molar-refractivity contribution in [1.82, 2.24) is 0 Å². The highest BCUT2D eigenvalue weighted by Crippen LogP contribution is 2.25. The molecule has 1 rings (SSSR count). The van der Waals surface area contributed by atoms with E-state index in [9.17, 15) is 8.78 Å². The van der Waals surface area contributed by atoms with Crippen LogP contribution in [0.4, 0.5) is 14.5 Å². The number of hydrogen-bond acceptors (Lipinski definition) is 3. The molecule has 0 unspecified atom stereocenters. The van der Waals surface area contributed by atoms with Gasteiger partial charge in [-0.05, 0) is 12.1 Å². The number of alkyl halides is 2. The average Bonchev–Trinajstić information content (AvgIpc) is 2.15. The fraction of sp³-hybridized carbons (Fsp3) is 0.333. The van der Waals surface area contributed by atoms with E-state index in [2.05, 4.69) is 0 Å². The quantitative estimate of drug-likeness (QED) is 0.760. The number of ether oxygens (including phenoxy) is 2. The Hall–Kier alpha value is -1.52. The van der Waals surface area contributed by atoms with Gasteiger partial charge in [-0.3, -0.25) is 0 Å². The van der Waals surface area contributed by atoms with Crippen LogP contribution in [-0.4, -0.2) is 20.1 Å². The van der Waals surface area contributed by atoms with Crippen LogP contribution >= 0.6 is 0 Å². The van der Waals surface area contributed by atoms with E-state index in [1.165, 1.54) is 19.2 Å². The summed E-state index contributed by atoms with van der Waals surface area (Å²) in [6.07, 6.45) is -2.49. The van der Waals surface area contributed by atoms with Gasteiger partial charge in [-0.2, -0.15) is 0 Å².